The second kappa shape index (κ2) is 7.11. The van der Waals surface area contributed by atoms with Crippen molar-refractivity contribution in [3.8, 4) is 0 Å². The van der Waals surface area contributed by atoms with Crippen LogP contribution in [-0.4, -0.2) is 57.3 Å². The van der Waals surface area contributed by atoms with E-state index in [2.05, 4.69) is 14.9 Å². The van der Waals surface area contributed by atoms with Crippen molar-refractivity contribution in [3.63, 3.8) is 0 Å². The monoisotopic (exact) mass is 371 g/mol. The van der Waals surface area contributed by atoms with Gasteiger partial charge in [-0.1, -0.05) is 17.8 Å². The van der Waals surface area contributed by atoms with Crippen molar-refractivity contribution in [1.29, 1.82) is 0 Å². The zero-order valence-corrected chi connectivity index (χ0v) is 15.5. The third-order valence-corrected chi connectivity index (χ3v) is 6.07. The van der Waals surface area contributed by atoms with E-state index in [0.29, 0.717) is 36.1 Å². The zero-order valence-electron chi connectivity index (χ0n) is 14.7. The van der Waals surface area contributed by atoms with Gasteiger partial charge in [-0.05, 0) is 19.1 Å². The summed E-state index contributed by atoms with van der Waals surface area (Å²) in [5, 5.41) is 0.713. The average Bonchev–Trinajstić information content (AvgIpc) is 2.71. The van der Waals surface area contributed by atoms with Crippen LogP contribution in [0.1, 0.15) is 5.56 Å². The highest BCUT2D eigenvalue weighted by molar-refractivity contribution is 7.99. The molecular weight excluding hydrogens is 350 g/mol. The lowest BCUT2D eigenvalue weighted by Crippen LogP contribution is -2.52. The van der Waals surface area contributed by atoms with E-state index in [4.69, 9.17) is 0 Å². The molecule has 7 nitrogen and oxygen atoms in total. The third kappa shape index (κ3) is 3.21. The SMILES string of the molecule is Cc1cnc2n(c1=O)C[C@H](C(=O)N1CCN(c3ccccn3)CC1)CS2. The largest absolute Gasteiger partial charge is 0.353 e. The van der Waals surface area contributed by atoms with Gasteiger partial charge in [-0.2, -0.15) is 0 Å². The van der Waals surface area contributed by atoms with Crippen LogP contribution < -0.4 is 10.5 Å². The number of carbonyl (C=O) groups excluding carboxylic acids is 1. The highest BCUT2D eigenvalue weighted by Crippen LogP contribution is 2.26. The molecule has 0 unspecified atom stereocenters. The molecule has 4 heterocycles. The van der Waals surface area contributed by atoms with Crippen molar-refractivity contribution in [2.24, 2.45) is 5.92 Å². The lowest BCUT2D eigenvalue weighted by Gasteiger charge is -2.37. The Bertz CT molecular complexity index is 862. The van der Waals surface area contributed by atoms with Gasteiger partial charge in [0.1, 0.15) is 5.82 Å². The number of aryl methyl sites for hydroxylation is 1. The van der Waals surface area contributed by atoms with Crippen LogP contribution in [0.4, 0.5) is 5.82 Å². The number of anilines is 1. The molecule has 0 radical (unpaired) electrons. The van der Waals surface area contributed by atoms with E-state index in [9.17, 15) is 9.59 Å². The Balaban J connectivity index is 1.41. The lowest BCUT2D eigenvalue weighted by molar-refractivity contribution is -0.135. The fraction of sp³-hybridized carbons (Fsp3) is 0.444. The molecule has 1 atom stereocenters. The normalized spacial score (nSPS) is 20.0. The Morgan fingerprint density at radius 2 is 2.00 bits per heavy atom. The molecule has 0 saturated carbocycles. The zero-order chi connectivity index (χ0) is 18.1. The Morgan fingerprint density at radius 1 is 1.19 bits per heavy atom. The molecule has 0 aliphatic carbocycles. The van der Waals surface area contributed by atoms with E-state index < -0.39 is 0 Å². The molecule has 1 saturated heterocycles. The number of rotatable bonds is 2. The van der Waals surface area contributed by atoms with Gasteiger partial charge in [0.25, 0.3) is 5.56 Å². The minimum absolute atomic E-state index is 0.0417. The molecule has 136 valence electrons. The summed E-state index contributed by atoms with van der Waals surface area (Å²) in [6.45, 7) is 5.11. The first kappa shape index (κ1) is 17.1. The van der Waals surface area contributed by atoms with Gasteiger partial charge in [0.05, 0.1) is 5.92 Å². The van der Waals surface area contributed by atoms with E-state index >= 15 is 0 Å². The molecule has 2 aliphatic heterocycles. The number of fused-ring (bicyclic) bond motifs is 1. The summed E-state index contributed by atoms with van der Waals surface area (Å²) < 4.78 is 1.65. The van der Waals surface area contributed by atoms with Gasteiger partial charge < -0.3 is 9.80 Å². The number of piperazine rings is 1. The first-order chi connectivity index (χ1) is 12.6. The Morgan fingerprint density at radius 3 is 2.73 bits per heavy atom. The number of aromatic nitrogens is 3. The maximum absolute atomic E-state index is 12.9. The highest BCUT2D eigenvalue weighted by Gasteiger charge is 2.32. The minimum Gasteiger partial charge on any atom is -0.353 e. The highest BCUT2D eigenvalue weighted by atomic mass is 32.2. The average molecular weight is 371 g/mol. The molecule has 4 rings (SSSR count). The predicted octanol–water partition coefficient (Wildman–Crippen LogP) is 1.02. The molecule has 26 heavy (non-hydrogen) atoms. The van der Waals surface area contributed by atoms with Crippen LogP contribution in [0.3, 0.4) is 0 Å². The summed E-state index contributed by atoms with van der Waals surface area (Å²) >= 11 is 1.49. The first-order valence-electron chi connectivity index (χ1n) is 8.77. The quantitative estimate of drug-likeness (QED) is 0.734. The Hall–Kier alpha value is -2.35. The van der Waals surface area contributed by atoms with Crippen LogP contribution in [0.2, 0.25) is 0 Å². The summed E-state index contributed by atoms with van der Waals surface area (Å²) in [5.74, 6) is 1.59. The molecule has 1 fully saturated rings. The van der Waals surface area contributed by atoms with Crippen LogP contribution in [-0.2, 0) is 11.3 Å². The molecule has 2 aromatic rings. The van der Waals surface area contributed by atoms with Gasteiger partial charge in [0.15, 0.2) is 5.16 Å². The van der Waals surface area contributed by atoms with Crippen LogP contribution >= 0.6 is 11.8 Å². The first-order valence-corrected chi connectivity index (χ1v) is 9.76. The van der Waals surface area contributed by atoms with E-state index in [1.165, 1.54) is 11.8 Å². The summed E-state index contributed by atoms with van der Waals surface area (Å²) in [4.78, 5) is 38.1. The molecule has 0 N–H and O–H groups in total. The van der Waals surface area contributed by atoms with Gasteiger partial charge in [0, 0.05) is 56.4 Å². The second-order valence-electron chi connectivity index (χ2n) is 6.65. The van der Waals surface area contributed by atoms with Gasteiger partial charge in [-0.15, -0.1) is 0 Å². The molecular formula is C18H21N5O2S. The number of thioether (sulfide) groups is 1. The van der Waals surface area contributed by atoms with Crippen LogP contribution in [0, 0.1) is 12.8 Å². The molecule has 0 spiro atoms. The molecule has 8 heteroatoms. The van der Waals surface area contributed by atoms with Crippen LogP contribution in [0.5, 0.6) is 0 Å². The van der Waals surface area contributed by atoms with Crippen molar-refractivity contribution in [1.82, 2.24) is 19.4 Å². The summed E-state index contributed by atoms with van der Waals surface area (Å²) in [6, 6.07) is 5.87. The van der Waals surface area contributed by atoms with E-state index in [0.717, 1.165) is 18.9 Å². The predicted molar refractivity (Wildman–Crippen MR) is 100 cm³/mol. The van der Waals surface area contributed by atoms with Crippen molar-refractivity contribution in [2.45, 2.75) is 18.6 Å². The smallest absolute Gasteiger partial charge is 0.257 e. The molecule has 2 aliphatic rings. The summed E-state index contributed by atoms with van der Waals surface area (Å²) in [5.41, 5.74) is 0.575. The standard InChI is InChI=1S/C18H21N5O2S/c1-13-10-20-18-23(16(13)24)11-14(12-26-18)17(25)22-8-6-21(7-9-22)15-4-2-3-5-19-15/h2-5,10,14H,6-9,11-12H2,1H3/t14-/m0/s1. The Labute approximate surface area is 156 Å². The van der Waals surface area contributed by atoms with Gasteiger partial charge >= 0.3 is 0 Å². The molecule has 0 bridgehead atoms. The third-order valence-electron chi connectivity index (χ3n) is 4.91. The van der Waals surface area contributed by atoms with Crippen LogP contribution in [0.25, 0.3) is 0 Å². The van der Waals surface area contributed by atoms with Gasteiger partial charge in [-0.3, -0.25) is 14.2 Å². The molecule has 2 aromatic heterocycles. The number of carbonyl (C=O) groups is 1. The summed E-state index contributed by atoms with van der Waals surface area (Å²) in [7, 11) is 0. The van der Waals surface area contributed by atoms with Gasteiger partial charge in [0.2, 0.25) is 5.91 Å². The van der Waals surface area contributed by atoms with Crippen molar-refractivity contribution < 1.29 is 4.79 Å². The number of hydrogen-bond donors (Lipinski definition) is 0. The molecule has 0 aromatic carbocycles. The van der Waals surface area contributed by atoms with Crippen molar-refractivity contribution in [2.75, 3.05) is 36.8 Å². The molecule has 1 amide bonds. The second-order valence-corrected chi connectivity index (χ2v) is 7.63. The fourth-order valence-electron chi connectivity index (χ4n) is 3.41. The lowest BCUT2D eigenvalue weighted by atomic mass is 10.1. The maximum atomic E-state index is 12.9. The number of nitrogens with zero attached hydrogens (tertiary/aromatic N) is 5. The van der Waals surface area contributed by atoms with Crippen molar-refractivity contribution in [3.05, 3.63) is 46.5 Å². The topological polar surface area (TPSA) is 71.3 Å². The maximum Gasteiger partial charge on any atom is 0.257 e. The van der Waals surface area contributed by atoms with Crippen molar-refractivity contribution >= 4 is 23.5 Å². The fourth-order valence-corrected chi connectivity index (χ4v) is 4.44. The van der Waals surface area contributed by atoms with Gasteiger partial charge in [-0.25, -0.2) is 9.97 Å². The minimum atomic E-state index is -0.171. The van der Waals surface area contributed by atoms with Crippen LogP contribution in [0.15, 0.2) is 40.5 Å². The Kier molecular flexibility index (Phi) is 4.67. The summed E-state index contributed by atoms with van der Waals surface area (Å²) in [6.07, 6.45) is 3.40. The van der Waals surface area contributed by atoms with E-state index in [-0.39, 0.29) is 17.4 Å². The van der Waals surface area contributed by atoms with E-state index in [1.807, 2.05) is 23.1 Å². The number of pyridine rings is 1. The van der Waals surface area contributed by atoms with E-state index in [1.54, 1.807) is 23.9 Å². The number of hydrogen-bond acceptors (Lipinski definition) is 6. The number of amides is 1.